The second-order valence-electron chi connectivity index (χ2n) is 5.64. The van der Waals surface area contributed by atoms with Crippen LogP contribution in [0.1, 0.15) is 36.1 Å². The molecule has 0 heterocycles. The zero-order valence-electron chi connectivity index (χ0n) is 13.1. The third-order valence-electron chi connectivity index (χ3n) is 3.61. The maximum absolute atomic E-state index is 11.3. The van der Waals surface area contributed by atoms with Crippen molar-refractivity contribution in [2.24, 2.45) is 0 Å². The van der Waals surface area contributed by atoms with Gasteiger partial charge in [-0.05, 0) is 23.1 Å². The molecule has 118 valence electrons. The zero-order chi connectivity index (χ0) is 16.0. The lowest BCUT2D eigenvalue weighted by atomic mass is 10.0. The van der Waals surface area contributed by atoms with Crippen LogP contribution in [0.2, 0.25) is 0 Å². The van der Waals surface area contributed by atoms with Gasteiger partial charge in [-0.3, -0.25) is 0 Å². The van der Waals surface area contributed by atoms with Crippen molar-refractivity contribution in [1.29, 1.82) is 0 Å². The van der Waals surface area contributed by atoms with E-state index in [-0.39, 0.29) is 5.75 Å². The van der Waals surface area contributed by atoms with Gasteiger partial charge in [-0.25, -0.2) is 8.42 Å². The molecule has 1 atom stereocenters. The molecule has 0 unspecified atom stereocenters. The number of hydrogen-bond donors (Lipinski definition) is 1. The first-order valence-electron chi connectivity index (χ1n) is 7.52. The first-order valence-corrected chi connectivity index (χ1v) is 9.58. The summed E-state index contributed by atoms with van der Waals surface area (Å²) in [7, 11) is -2.97. The van der Waals surface area contributed by atoms with Crippen LogP contribution in [-0.2, 0) is 22.1 Å². The highest BCUT2D eigenvalue weighted by Gasteiger charge is 2.08. The van der Waals surface area contributed by atoms with Crippen LogP contribution in [-0.4, -0.2) is 14.7 Å². The molecule has 4 heteroatoms. The molecule has 22 heavy (non-hydrogen) atoms. The fourth-order valence-corrected chi connectivity index (χ4v) is 3.28. The van der Waals surface area contributed by atoms with Gasteiger partial charge >= 0.3 is 0 Å². The maximum Gasteiger partial charge on any atom is 0.151 e. The van der Waals surface area contributed by atoms with Crippen molar-refractivity contribution in [3.05, 3.63) is 71.3 Å². The Kier molecular flexibility index (Phi) is 5.75. The second-order valence-corrected chi connectivity index (χ2v) is 7.78. The predicted molar refractivity (Wildman–Crippen MR) is 91.3 cm³/mol. The van der Waals surface area contributed by atoms with Gasteiger partial charge in [-0.15, -0.1) is 0 Å². The lowest BCUT2D eigenvalue weighted by Gasteiger charge is -2.17. The molecular formula is C18H23NO2S. The summed E-state index contributed by atoms with van der Waals surface area (Å²) in [5.41, 5.74) is 3.28. The van der Waals surface area contributed by atoms with Gasteiger partial charge in [-0.2, -0.15) is 0 Å². The Balaban J connectivity index is 1.96. The van der Waals surface area contributed by atoms with Crippen LogP contribution in [0.25, 0.3) is 0 Å². The van der Waals surface area contributed by atoms with E-state index in [0.717, 1.165) is 24.1 Å². The smallest absolute Gasteiger partial charge is 0.151 e. The molecular weight excluding hydrogens is 294 g/mol. The van der Waals surface area contributed by atoms with E-state index in [2.05, 4.69) is 36.5 Å². The van der Waals surface area contributed by atoms with E-state index in [1.807, 2.05) is 30.3 Å². The monoisotopic (exact) mass is 317 g/mol. The third-order valence-corrected chi connectivity index (χ3v) is 4.47. The molecule has 0 radical (unpaired) electrons. The molecule has 1 N–H and O–H groups in total. The molecule has 0 saturated heterocycles. The molecule has 0 aliphatic carbocycles. The average Bonchev–Trinajstić information content (AvgIpc) is 2.49. The normalized spacial score (nSPS) is 13.0. The largest absolute Gasteiger partial charge is 0.306 e. The van der Waals surface area contributed by atoms with Gasteiger partial charge in [0.05, 0.1) is 5.75 Å². The van der Waals surface area contributed by atoms with Gasteiger partial charge in [0.1, 0.15) is 0 Å². The molecule has 0 aliphatic rings. The third kappa shape index (κ3) is 5.28. The summed E-state index contributed by atoms with van der Waals surface area (Å²) in [4.78, 5) is 0. The summed E-state index contributed by atoms with van der Waals surface area (Å²) in [5.74, 6) is 0.0995. The average molecular weight is 317 g/mol. The van der Waals surface area contributed by atoms with Crippen LogP contribution < -0.4 is 5.32 Å². The Morgan fingerprint density at radius 3 is 2.09 bits per heavy atom. The molecule has 0 saturated carbocycles. The Labute approximate surface area is 133 Å². The highest BCUT2D eigenvalue weighted by molar-refractivity contribution is 7.89. The fraction of sp³-hybridized carbons (Fsp3) is 0.333. The van der Waals surface area contributed by atoms with Gasteiger partial charge in [-0.1, -0.05) is 61.5 Å². The summed E-state index contributed by atoms with van der Waals surface area (Å²) < 4.78 is 22.6. The summed E-state index contributed by atoms with van der Waals surface area (Å²) in [6.07, 6.45) is 2.28. The van der Waals surface area contributed by atoms with Crippen molar-refractivity contribution >= 4 is 9.84 Å². The number of nitrogens with one attached hydrogen (secondary N) is 1. The van der Waals surface area contributed by atoms with Crippen LogP contribution in [0.3, 0.4) is 0 Å². The minimum absolute atomic E-state index is 0.0995. The highest BCUT2D eigenvalue weighted by Crippen LogP contribution is 2.17. The standard InChI is InChI=1S/C18H23NO2S/c1-3-18(17-7-5-4-6-8-17)19-13-15-9-11-16(12-10-15)14-22(2,20)21/h4-12,18-19H,3,13-14H2,1-2H3/t18-/m1/s1. The van der Waals surface area contributed by atoms with Gasteiger partial charge < -0.3 is 5.32 Å². The Hall–Kier alpha value is -1.65. The van der Waals surface area contributed by atoms with Gasteiger partial charge in [0.25, 0.3) is 0 Å². The second kappa shape index (κ2) is 7.56. The molecule has 0 aliphatic heterocycles. The first kappa shape index (κ1) is 16.7. The quantitative estimate of drug-likeness (QED) is 0.850. The molecule has 0 aromatic heterocycles. The Morgan fingerprint density at radius 1 is 0.955 bits per heavy atom. The van der Waals surface area contributed by atoms with E-state index in [1.165, 1.54) is 11.8 Å². The summed E-state index contributed by atoms with van der Waals surface area (Å²) in [6.45, 7) is 2.94. The van der Waals surface area contributed by atoms with Gasteiger partial charge in [0.15, 0.2) is 9.84 Å². The van der Waals surface area contributed by atoms with Crippen molar-refractivity contribution in [1.82, 2.24) is 5.32 Å². The van der Waals surface area contributed by atoms with Crippen molar-refractivity contribution in [3.63, 3.8) is 0 Å². The minimum atomic E-state index is -2.97. The topological polar surface area (TPSA) is 46.2 Å². The zero-order valence-corrected chi connectivity index (χ0v) is 13.9. The van der Waals surface area contributed by atoms with E-state index in [4.69, 9.17) is 0 Å². The van der Waals surface area contributed by atoms with Crippen LogP contribution in [0, 0.1) is 0 Å². The van der Waals surface area contributed by atoms with Crippen molar-refractivity contribution in [3.8, 4) is 0 Å². The van der Waals surface area contributed by atoms with E-state index >= 15 is 0 Å². The molecule has 0 bridgehead atoms. The van der Waals surface area contributed by atoms with Crippen LogP contribution in [0.4, 0.5) is 0 Å². The van der Waals surface area contributed by atoms with Gasteiger partial charge in [0, 0.05) is 18.8 Å². The minimum Gasteiger partial charge on any atom is -0.306 e. The van der Waals surface area contributed by atoms with E-state index in [1.54, 1.807) is 0 Å². The summed E-state index contributed by atoms with van der Waals surface area (Å²) >= 11 is 0. The number of benzene rings is 2. The predicted octanol–water partition coefficient (Wildman–Crippen LogP) is 3.47. The lowest BCUT2D eigenvalue weighted by Crippen LogP contribution is -2.20. The molecule has 0 fully saturated rings. The molecule has 2 aromatic rings. The lowest BCUT2D eigenvalue weighted by molar-refractivity contribution is 0.519. The Bertz CT molecular complexity index is 679. The number of sulfone groups is 1. The van der Waals surface area contributed by atoms with Crippen molar-refractivity contribution in [2.75, 3.05) is 6.26 Å². The molecule has 3 nitrogen and oxygen atoms in total. The summed E-state index contributed by atoms with van der Waals surface area (Å²) in [6, 6.07) is 18.5. The summed E-state index contributed by atoms with van der Waals surface area (Å²) in [5, 5.41) is 3.55. The highest BCUT2D eigenvalue weighted by atomic mass is 32.2. The molecule has 2 rings (SSSR count). The molecule has 2 aromatic carbocycles. The molecule has 0 amide bonds. The number of hydrogen-bond acceptors (Lipinski definition) is 3. The SMILES string of the molecule is CC[C@@H](NCc1ccc(CS(C)(=O)=O)cc1)c1ccccc1. The first-order chi connectivity index (χ1) is 10.5. The maximum atomic E-state index is 11.3. The number of rotatable bonds is 7. The van der Waals surface area contributed by atoms with Crippen LogP contribution in [0.15, 0.2) is 54.6 Å². The van der Waals surface area contributed by atoms with E-state index in [0.29, 0.717) is 6.04 Å². The Morgan fingerprint density at radius 2 is 1.55 bits per heavy atom. The van der Waals surface area contributed by atoms with Crippen LogP contribution >= 0.6 is 0 Å². The van der Waals surface area contributed by atoms with E-state index in [9.17, 15) is 8.42 Å². The fourth-order valence-electron chi connectivity index (χ4n) is 2.48. The van der Waals surface area contributed by atoms with E-state index < -0.39 is 9.84 Å². The van der Waals surface area contributed by atoms with Crippen molar-refractivity contribution in [2.45, 2.75) is 31.7 Å². The van der Waals surface area contributed by atoms with Crippen LogP contribution in [0.5, 0.6) is 0 Å². The van der Waals surface area contributed by atoms with Crippen molar-refractivity contribution < 1.29 is 8.42 Å². The van der Waals surface area contributed by atoms with Gasteiger partial charge in [0.2, 0.25) is 0 Å². The molecule has 0 spiro atoms.